The van der Waals surface area contributed by atoms with Crippen LogP contribution in [0.5, 0.6) is 0 Å². The Bertz CT molecular complexity index is 777. The van der Waals surface area contributed by atoms with Crippen molar-refractivity contribution in [3.8, 4) is 0 Å². The molecule has 0 fully saturated rings. The quantitative estimate of drug-likeness (QED) is 0.646. The van der Waals surface area contributed by atoms with Crippen molar-refractivity contribution in [2.75, 3.05) is 0 Å². The summed E-state index contributed by atoms with van der Waals surface area (Å²) in [6, 6.07) is 12.6. The molecule has 0 aliphatic heterocycles. The molecule has 94 valence electrons. The molecule has 0 saturated carbocycles. The minimum Gasteiger partial charge on any atom is -0.441 e. The van der Waals surface area contributed by atoms with Gasteiger partial charge in [0.05, 0.1) is 0 Å². The van der Waals surface area contributed by atoms with E-state index >= 15 is 0 Å². The minimum absolute atomic E-state index is 0.141. The van der Waals surface area contributed by atoms with E-state index in [9.17, 15) is 9.18 Å². The Morgan fingerprint density at radius 2 is 1.74 bits per heavy atom. The van der Waals surface area contributed by atoms with Crippen molar-refractivity contribution >= 4 is 28.2 Å². The van der Waals surface area contributed by atoms with Crippen LogP contribution >= 0.6 is 11.6 Å². The summed E-state index contributed by atoms with van der Waals surface area (Å²) in [4.78, 5) is 12.3. The fraction of sp³-hybridized carbons (Fsp3) is 0. The third-order valence-corrected chi connectivity index (χ3v) is 3.12. The zero-order chi connectivity index (χ0) is 13.4. The van der Waals surface area contributed by atoms with Crippen LogP contribution in [0.3, 0.4) is 0 Å². The van der Waals surface area contributed by atoms with Crippen LogP contribution in [0.1, 0.15) is 16.1 Å². The lowest BCUT2D eigenvalue weighted by Gasteiger charge is -2.05. The Balaban J connectivity index is 2.21. The third kappa shape index (κ3) is 2.02. The van der Waals surface area contributed by atoms with E-state index in [0.717, 1.165) is 0 Å². The van der Waals surface area contributed by atoms with Gasteiger partial charge in [-0.3, -0.25) is 4.79 Å². The lowest BCUT2D eigenvalue weighted by molar-refractivity contribution is 0.101. The minimum atomic E-state index is -0.357. The summed E-state index contributed by atoms with van der Waals surface area (Å²) in [5.41, 5.74) is 0.392. The van der Waals surface area contributed by atoms with Crippen LogP contribution in [0.4, 0.5) is 4.39 Å². The molecule has 0 spiro atoms. The molecule has 0 amide bonds. The first kappa shape index (κ1) is 11.9. The first-order valence-electron chi connectivity index (χ1n) is 5.64. The van der Waals surface area contributed by atoms with Gasteiger partial charge in [-0.15, -0.1) is 0 Å². The molecule has 19 heavy (non-hydrogen) atoms. The highest BCUT2D eigenvalue weighted by molar-refractivity contribution is 6.29. The highest BCUT2D eigenvalue weighted by Crippen LogP contribution is 2.25. The number of carbonyl (C=O) groups excluding carboxylic acids is 1. The molecule has 2 nitrogen and oxygen atoms in total. The van der Waals surface area contributed by atoms with Crippen molar-refractivity contribution in [1.82, 2.24) is 0 Å². The Labute approximate surface area is 113 Å². The number of benzene rings is 2. The second kappa shape index (κ2) is 4.52. The Morgan fingerprint density at radius 1 is 1.00 bits per heavy atom. The van der Waals surface area contributed by atoms with E-state index in [2.05, 4.69) is 0 Å². The highest BCUT2D eigenvalue weighted by atomic mass is 35.5. The number of carbonyl (C=O) groups is 1. The molecule has 4 heteroatoms. The maximum atomic E-state index is 13.7. The summed E-state index contributed by atoms with van der Waals surface area (Å²) < 4.78 is 18.8. The van der Waals surface area contributed by atoms with Crippen molar-refractivity contribution in [3.05, 3.63) is 70.9 Å². The van der Waals surface area contributed by atoms with E-state index in [0.29, 0.717) is 16.3 Å². The Hall–Kier alpha value is -2.13. The number of rotatable bonds is 2. The zero-order valence-electron chi connectivity index (χ0n) is 9.69. The van der Waals surface area contributed by atoms with Crippen LogP contribution in [-0.2, 0) is 0 Å². The van der Waals surface area contributed by atoms with E-state index in [1.165, 1.54) is 24.3 Å². The molecule has 0 aliphatic rings. The van der Waals surface area contributed by atoms with Gasteiger partial charge >= 0.3 is 0 Å². The van der Waals surface area contributed by atoms with Crippen molar-refractivity contribution in [2.45, 2.75) is 0 Å². The van der Waals surface area contributed by atoms with E-state index < -0.39 is 0 Å². The fourth-order valence-corrected chi connectivity index (χ4v) is 2.18. The van der Waals surface area contributed by atoms with Gasteiger partial charge in [0, 0.05) is 10.9 Å². The molecule has 0 unspecified atom stereocenters. The third-order valence-electron chi connectivity index (χ3n) is 2.91. The summed E-state index contributed by atoms with van der Waals surface area (Å²) in [7, 11) is 0. The highest BCUT2D eigenvalue weighted by Gasteiger charge is 2.17. The van der Waals surface area contributed by atoms with Crippen LogP contribution in [0, 0.1) is 5.82 Å². The van der Waals surface area contributed by atoms with Gasteiger partial charge in [-0.05, 0) is 41.3 Å². The molecule has 0 radical (unpaired) electrons. The van der Waals surface area contributed by atoms with Crippen molar-refractivity contribution < 1.29 is 13.6 Å². The molecule has 1 aromatic heterocycles. The normalized spacial score (nSPS) is 10.8. The van der Waals surface area contributed by atoms with Gasteiger partial charge in [0.25, 0.3) is 0 Å². The van der Waals surface area contributed by atoms with Gasteiger partial charge in [0.1, 0.15) is 5.82 Å². The topological polar surface area (TPSA) is 30.2 Å². The Kier molecular flexibility index (Phi) is 2.84. The number of ketones is 1. The largest absolute Gasteiger partial charge is 0.441 e. The number of furan rings is 1. The second-order valence-corrected chi connectivity index (χ2v) is 4.45. The van der Waals surface area contributed by atoms with Gasteiger partial charge in [0.2, 0.25) is 5.78 Å². The fourth-order valence-electron chi connectivity index (χ4n) is 2.03. The average Bonchev–Trinajstić information content (AvgIpc) is 2.86. The summed E-state index contributed by atoms with van der Waals surface area (Å²) in [5.74, 6) is -0.533. The monoisotopic (exact) mass is 274 g/mol. The lowest BCUT2D eigenvalue weighted by atomic mass is 10.00. The Morgan fingerprint density at radius 3 is 2.42 bits per heavy atom. The maximum absolute atomic E-state index is 13.7. The van der Waals surface area contributed by atoms with Crippen LogP contribution in [0.15, 0.2) is 52.9 Å². The first-order chi connectivity index (χ1) is 9.16. The predicted molar refractivity (Wildman–Crippen MR) is 71.1 cm³/mol. The number of halogens is 2. The molecular formula is C15H8ClFO2. The van der Waals surface area contributed by atoms with Crippen molar-refractivity contribution in [3.63, 3.8) is 0 Å². The molecule has 2 aromatic carbocycles. The molecule has 1 heterocycles. The SMILES string of the molecule is O=C(c1ccc(Cl)o1)c1ccc(F)c2ccccc12. The van der Waals surface area contributed by atoms with Gasteiger partial charge in [0.15, 0.2) is 11.0 Å². The van der Waals surface area contributed by atoms with Crippen molar-refractivity contribution in [2.24, 2.45) is 0 Å². The van der Waals surface area contributed by atoms with Gasteiger partial charge in [-0.25, -0.2) is 4.39 Å². The van der Waals surface area contributed by atoms with E-state index in [-0.39, 0.29) is 22.6 Å². The second-order valence-electron chi connectivity index (χ2n) is 4.07. The van der Waals surface area contributed by atoms with E-state index in [1.54, 1.807) is 24.3 Å². The molecular weight excluding hydrogens is 267 g/mol. The number of fused-ring (bicyclic) bond motifs is 1. The van der Waals surface area contributed by atoms with Gasteiger partial charge in [-0.1, -0.05) is 24.3 Å². The number of hydrogen-bond donors (Lipinski definition) is 0. The summed E-state index contributed by atoms with van der Waals surface area (Å²) >= 11 is 5.66. The van der Waals surface area contributed by atoms with E-state index in [1.807, 2.05) is 0 Å². The summed E-state index contributed by atoms with van der Waals surface area (Å²) in [6.07, 6.45) is 0. The lowest BCUT2D eigenvalue weighted by Crippen LogP contribution is -2.01. The van der Waals surface area contributed by atoms with E-state index in [4.69, 9.17) is 16.0 Å². The maximum Gasteiger partial charge on any atom is 0.228 e. The zero-order valence-corrected chi connectivity index (χ0v) is 10.4. The molecule has 0 bridgehead atoms. The standard InChI is InChI=1S/C15H8ClFO2/c16-14-8-7-13(19-14)15(18)11-5-6-12(17)10-4-2-1-3-9(10)11/h1-8H. The van der Waals surface area contributed by atoms with Crippen molar-refractivity contribution in [1.29, 1.82) is 0 Å². The first-order valence-corrected chi connectivity index (χ1v) is 6.02. The molecule has 0 saturated heterocycles. The predicted octanol–water partition coefficient (Wildman–Crippen LogP) is 4.46. The number of hydrogen-bond acceptors (Lipinski definition) is 2. The molecule has 0 atom stereocenters. The molecule has 3 aromatic rings. The van der Waals surface area contributed by atoms with Crippen LogP contribution in [-0.4, -0.2) is 5.78 Å². The summed E-state index contributed by atoms with van der Waals surface area (Å²) in [6.45, 7) is 0. The molecule has 3 rings (SSSR count). The van der Waals surface area contributed by atoms with Crippen LogP contribution < -0.4 is 0 Å². The van der Waals surface area contributed by atoms with Gasteiger partial charge in [-0.2, -0.15) is 0 Å². The van der Waals surface area contributed by atoms with Crippen LogP contribution in [0.25, 0.3) is 10.8 Å². The smallest absolute Gasteiger partial charge is 0.228 e. The van der Waals surface area contributed by atoms with Gasteiger partial charge < -0.3 is 4.42 Å². The molecule has 0 N–H and O–H groups in total. The van der Waals surface area contributed by atoms with Crippen LogP contribution in [0.2, 0.25) is 5.22 Å². The molecule has 0 aliphatic carbocycles. The summed E-state index contributed by atoms with van der Waals surface area (Å²) in [5, 5.41) is 1.11. The average molecular weight is 275 g/mol.